The van der Waals surface area contributed by atoms with Gasteiger partial charge in [0, 0.05) is 18.4 Å². The third kappa shape index (κ3) is 3.58. The molecule has 9 heteroatoms. The van der Waals surface area contributed by atoms with Crippen LogP contribution >= 0.6 is 0 Å². The van der Waals surface area contributed by atoms with E-state index in [9.17, 15) is 13.5 Å². The monoisotopic (exact) mass is 338 g/mol. The lowest BCUT2D eigenvalue weighted by molar-refractivity contribution is 0.296. The number of nitrogens with two attached hydrogens (primary N) is 2. The third-order valence-electron chi connectivity index (χ3n) is 3.33. The maximum Gasteiger partial charge on any atom is 0.241 e. The van der Waals surface area contributed by atoms with E-state index in [-0.39, 0.29) is 29.6 Å². The molecule has 0 saturated carbocycles. The summed E-state index contributed by atoms with van der Waals surface area (Å²) in [6.45, 7) is 1.57. The Bertz CT molecular complexity index is 837. The second kappa shape index (κ2) is 6.49. The largest absolute Gasteiger partial charge is 0.495 e. The normalized spacial score (nSPS) is 11.5. The maximum absolute atomic E-state index is 11.9. The second-order valence-corrected chi connectivity index (χ2v) is 6.44. The highest BCUT2D eigenvalue weighted by molar-refractivity contribution is 7.89. The number of anilines is 1. The number of aryl methyl sites for hydroxylation is 1. The Hall–Kier alpha value is -2.23. The maximum atomic E-state index is 11.9. The Labute approximate surface area is 134 Å². The van der Waals surface area contributed by atoms with Crippen LogP contribution in [0.4, 0.5) is 5.95 Å². The van der Waals surface area contributed by atoms with E-state index in [1.54, 1.807) is 13.0 Å². The minimum atomic E-state index is -4.01. The summed E-state index contributed by atoms with van der Waals surface area (Å²) in [5.74, 6) is 0.251. The van der Waals surface area contributed by atoms with E-state index in [1.807, 2.05) is 0 Å². The van der Waals surface area contributed by atoms with E-state index in [2.05, 4.69) is 9.97 Å². The van der Waals surface area contributed by atoms with Gasteiger partial charge in [-0.2, -0.15) is 0 Å². The van der Waals surface area contributed by atoms with Crippen molar-refractivity contribution >= 4 is 16.0 Å². The quantitative estimate of drug-likeness (QED) is 0.708. The number of hydrogen-bond acceptors (Lipinski definition) is 7. The van der Waals surface area contributed by atoms with Gasteiger partial charge in [-0.15, -0.1) is 0 Å². The molecule has 0 saturated heterocycles. The van der Waals surface area contributed by atoms with Gasteiger partial charge in [-0.25, -0.2) is 23.5 Å². The number of benzene rings is 1. The van der Waals surface area contributed by atoms with Gasteiger partial charge in [-0.1, -0.05) is 0 Å². The summed E-state index contributed by atoms with van der Waals surface area (Å²) in [6.07, 6.45) is 1.73. The first kappa shape index (κ1) is 17.1. The number of sulfonamides is 1. The number of primary sulfonamides is 1. The lowest BCUT2D eigenvalue weighted by Crippen LogP contribution is -2.15. The standard InChI is InChI=1S/C14H18N4O4S/c1-8-11(7-17-14(15)18-8)10-5-9(3-4-19)13(22-2)12(6-10)23(16,20)21/h5-7,19H,3-4H2,1-2H3,(H2,15,17,18)(H2,16,20,21). The Morgan fingerprint density at radius 2 is 2.04 bits per heavy atom. The SMILES string of the molecule is COc1c(CCO)cc(-c2cnc(N)nc2C)cc1S(N)(=O)=O. The number of nitrogens with zero attached hydrogens (tertiary/aromatic N) is 2. The van der Waals surface area contributed by atoms with E-state index < -0.39 is 10.0 Å². The topological polar surface area (TPSA) is 141 Å². The lowest BCUT2D eigenvalue weighted by atomic mass is 10.0. The first-order valence-corrected chi connectivity index (χ1v) is 8.26. The molecule has 8 nitrogen and oxygen atoms in total. The van der Waals surface area contributed by atoms with E-state index in [0.717, 1.165) is 0 Å². The van der Waals surface area contributed by atoms with Gasteiger partial charge in [-0.05, 0) is 36.6 Å². The van der Waals surface area contributed by atoms with Gasteiger partial charge in [0.15, 0.2) is 0 Å². The molecule has 2 aromatic rings. The van der Waals surface area contributed by atoms with Crippen molar-refractivity contribution in [2.75, 3.05) is 19.5 Å². The number of ether oxygens (including phenoxy) is 1. The van der Waals surface area contributed by atoms with E-state index in [0.29, 0.717) is 22.4 Å². The Morgan fingerprint density at radius 3 is 2.57 bits per heavy atom. The highest BCUT2D eigenvalue weighted by atomic mass is 32.2. The van der Waals surface area contributed by atoms with Crippen LogP contribution in [0.25, 0.3) is 11.1 Å². The molecule has 0 radical (unpaired) electrons. The molecule has 0 aliphatic carbocycles. The van der Waals surface area contributed by atoms with Crippen LogP contribution in [0.1, 0.15) is 11.3 Å². The minimum absolute atomic E-state index is 0.124. The number of hydrogen-bond donors (Lipinski definition) is 3. The van der Waals surface area contributed by atoms with Crippen molar-refractivity contribution in [1.82, 2.24) is 9.97 Å². The molecule has 0 spiro atoms. The zero-order chi connectivity index (χ0) is 17.2. The first-order valence-electron chi connectivity index (χ1n) is 6.72. The highest BCUT2D eigenvalue weighted by Gasteiger charge is 2.21. The molecule has 0 aliphatic rings. The Morgan fingerprint density at radius 1 is 1.35 bits per heavy atom. The van der Waals surface area contributed by atoms with Gasteiger partial charge >= 0.3 is 0 Å². The average molecular weight is 338 g/mol. The molecule has 0 amide bonds. The molecule has 2 rings (SSSR count). The molecule has 0 fully saturated rings. The predicted molar refractivity (Wildman–Crippen MR) is 85.3 cm³/mol. The van der Waals surface area contributed by atoms with Crippen molar-refractivity contribution in [3.8, 4) is 16.9 Å². The smallest absolute Gasteiger partial charge is 0.241 e. The van der Waals surface area contributed by atoms with Crippen molar-refractivity contribution in [2.45, 2.75) is 18.2 Å². The van der Waals surface area contributed by atoms with Crippen LogP contribution in [0.15, 0.2) is 23.2 Å². The fourth-order valence-electron chi connectivity index (χ4n) is 2.33. The molecule has 0 unspecified atom stereocenters. The molecule has 1 aromatic carbocycles. The van der Waals surface area contributed by atoms with Gasteiger partial charge in [-0.3, -0.25) is 0 Å². The minimum Gasteiger partial charge on any atom is -0.495 e. The highest BCUT2D eigenvalue weighted by Crippen LogP contribution is 2.34. The van der Waals surface area contributed by atoms with E-state index in [4.69, 9.17) is 15.6 Å². The van der Waals surface area contributed by atoms with Gasteiger partial charge in [0.25, 0.3) is 0 Å². The van der Waals surface area contributed by atoms with Crippen LogP contribution in [0.3, 0.4) is 0 Å². The lowest BCUT2D eigenvalue weighted by Gasteiger charge is -2.15. The van der Waals surface area contributed by atoms with Crippen LogP contribution in [0.5, 0.6) is 5.75 Å². The molecular formula is C14H18N4O4S. The summed E-state index contributed by atoms with van der Waals surface area (Å²) in [4.78, 5) is 7.84. The number of aliphatic hydroxyl groups is 1. The number of methoxy groups -OCH3 is 1. The second-order valence-electron chi connectivity index (χ2n) is 4.91. The fraction of sp³-hybridized carbons (Fsp3) is 0.286. The van der Waals surface area contributed by atoms with Gasteiger partial charge < -0.3 is 15.6 Å². The van der Waals surface area contributed by atoms with Crippen LogP contribution in [-0.2, 0) is 16.4 Å². The van der Waals surface area contributed by atoms with Gasteiger partial charge in [0.1, 0.15) is 10.6 Å². The summed E-state index contributed by atoms with van der Waals surface area (Å²) < 4.78 is 28.9. The third-order valence-corrected chi connectivity index (χ3v) is 4.25. The zero-order valence-electron chi connectivity index (χ0n) is 12.8. The van der Waals surface area contributed by atoms with E-state index in [1.165, 1.54) is 19.4 Å². The fourth-order valence-corrected chi connectivity index (χ4v) is 3.10. The number of aliphatic hydroxyl groups excluding tert-OH is 1. The van der Waals surface area contributed by atoms with Crippen LogP contribution in [0, 0.1) is 6.92 Å². The molecule has 1 aromatic heterocycles. The van der Waals surface area contributed by atoms with Gasteiger partial charge in [0.05, 0.1) is 12.8 Å². The summed E-state index contributed by atoms with van der Waals surface area (Å²) in [5.41, 5.74) is 7.82. The summed E-state index contributed by atoms with van der Waals surface area (Å²) in [5, 5.41) is 14.5. The predicted octanol–water partition coefficient (Wildman–Crippen LogP) is 0.225. The first-order chi connectivity index (χ1) is 10.8. The van der Waals surface area contributed by atoms with Crippen LogP contribution < -0.4 is 15.6 Å². The zero-order valence-corrected chi connectivity index (χ0v) is 13.6. The van der Waals surface area contributed by atoms with Crippen molar-refractivity contribution in [1.29, 1.82) is 0 Å². The Kier molecular flexibility index (Phi) is 4.83. The molecule has 124 valence electrons. The molecule has 0 atom stereocenters. The molecular weight excluding hydrogens is 320 g/mol. The summed E-state index contributed by atoms with van der Waals surface area (Å²) in [6, 6.07) is 3.11. The summed E-state index contributed by atoms with van der Waals surface area (Å²) >= 11 is 0. The van der Waals surface area contributed by atoms with Gasteiger partial charge in [0.2, 0.25) is 16.0 Å². The number of aromatic nitrogens is 2. The molecule has 5 N–H and O–H groups in total. The molecule has 23 heavy (non-hydrogen) atoms. The Balaban J connectivity index is 2.77. The molecule has 0 bridgehead atoms. The van der Waals surface area contributed by atoms with Crippen molar-refractivity contribution in [3.63, 3.8) is 0 Å². The van der Waals surface area contributed by atoms with Crippen molar-refractivity contribution < 1.29 is 18.3 Å². The average Bonchev–Trinajstić information content (AvgIpc) is 2.46. The molecule has 0 aliphatic heterocycles. The number of nitrogen functional groups attached to an aromatic ring is 1. The number of rotatable bonds is 5. The van der Waals surface area contributed by atoms with Crippen molar-refractivity contribution in [3.05, 3.63) is 29.6 Å². The van der Waals surface area contributed by atoms with E-state index >= 15 is 0 Å². The van der Waals surface area contributed by atoms with Crippen LogP contribution in [0.2, 0.25) is 0 Å². The van der Waals surface area contributed by atoms with Crippen molar-refractivity contribution in [2.24, 2.45) is 5.14 Å². The molecule has 1 heterocycles. The van der Waals surface area contributed by atoms with Crippen LogP contribution in [-0.4, -0.2) is 37.2 Å². The summed E-state index contributed by atoms with van der Waals surface area (Å²) in [7, 11) is -2.66.